The second-order valence-electron chi connectivity index (χ2n) is 4.35. The highest BCUT2D eigenvalue weighted by molar-refractivity contribution is 9.10. The maximum atomic E-state index is 12.0. The second-order valence-corrected chi connectivity index (χ2v) is 6.98. The summed E-state index contributed by atoms with van der Waals surface area (Å²) in [5.41, 5.74) is 0.975. The number of methoxy groups -OCH3 is 1. The van der Waals surface area contributed by atoms with Crippen LogP contribution in [0, 0.1) is 0 Å². The molecule has 1 fully saturated rings. The summed E-state index contributed by atoms with van der Waals surface area (Å²) in [5.74, 6) is -0.634. The smallest absolute Gasteiger partial charge is 0.320 e. The molecule has 8 heteroatoms. The van der Waals surface area contributed by atoms with E-state index < -0.39 is 16.0 Å². The zero-order valence-electron chi connectivity index (χ0n) is 10.9. The Morgan fingerprint density at radius 1 is 1.45 bits per heavy atom. The van der Waals surface area contributed by atoms with Gasteiger partial charge in [-0.05, 0) is 40.5 Å². The van der Waals surface area contributed by atoms with E-state index in [1.807, 2.05) is 0 Å². The van der Waals surface area contributed by atoms with Crippen molar-refractivity contribution in [3.05, 3.63) is 22.7 Å². The molecule has 6 nitrogen and oxygen atoms in total. The number of nitrogens with zero attached hydrogens (tertiary/aromatic N) is 1. The predicted octanol–water partition coefficient (Wildman–Crippen LogP) is 1.11. The number of anilines is 1. The number of carbonyl (C=O) groups is 1. The Morgan fingerprint density at radius 3 is 2.65 bits per heavy atom. The van der Waals surface area contributed by atoms with Crippen molar-refractivity contribution in [2.24, 2.45) is 0 Å². The molecule has 0 spiro atoms. The van der Waals surface area contributed by atoms with Crippen molar-refractivity contribution in [2.75, 3.05) is 31.6 Å². The first kappa shape index (κ1) is 15.3. The van der Waals surface area contributed by atoms with Gasteiger partial charge in [0.25, 0.3) is 0 Å². The van der Waals surface area contributed by atoms with E-state index in [0.717, 1.165) is 29.7 Å². The monoisotopic (exact) mass is 362 g/mol. The first-order valence-corrected chi connectivity index (χ1v) is 8.32. The van der Waals surface area contributed by atoms with Crippen LogP contribution in [-0.2, 0) is 19.6 Å². The summed E-state index contributed by atoms with van der Waals surface area (Å²) < 4.78 is 31.3. The minimum Gasteiger partial charge on any atom is -0.468 e. The van der Waals surface area contributed by atoms with E-state index in [1.165, 1.54) is 19.2 Å². The quantitative estimate of drug-likeness (QED) is 0.794. The normalized spacial score (nSPS) is 14.8. The van der Waals surface area contributed by atoms with E-state index in [9.17, 15) is 13.2 Å². The van der Waals surface area contributed by atoms with Crippen molar-refractivity contribution in [1.29, 1.82) is 0 Å². The Balaban J connectivity index is 2.15. The fraction of sp³-hybridized carbons (Fsp3) is 0.417. The van der Waals surface area contributed by atoms with Crippen molar-refractivity contribution in [3.8, 4) is 0 Å². The summed E-state index contributed by atoms with van der Waals surface area (Å²) in [6.45, 7) is 1.57. The van der Waals surface area contributed by atoms with Gasteiger partial charge in [-0.2, -0.15) is 4.72 Å². The van der Waals surface area contributed by atoms with E-state index in [2.05, 4.69) is 30.3 Å². The lowest BCUT2D eigenvalue weighted by Gasteiger charge is -2.34. The number of esters is 1. The maximum Gasteiger partial charge on any atom is 0.320 e. The van der Waals surface area contributed by atoms with Crippen LogP contribution in [0.1, 0.15) is 6.42 Å². The van der Waals surface area contributed by atoms with Gasteiger partial charge in [-0.1, -0.05) is 0 Å². The predicted molar refractivity (Wildman–Crippen MR) is 78.2 cm³/mol. The third-order valence-corrected chi connectivity index (χ3v) is 5.09. The molecule has 0 amide bonds. The average molecular weight is 363 g/mol. The number of hydrogen-bond acceptors (Lipinski definition) is 5. The number of rotatable bonds is 5. The van der Waals surface area contributed by atoms with Crippen LogP contribution in [0.3, 0.4) is 0 Å². The van der Waals surface area contributed by atoms with Gasteiger partial charge >= 0.3 is 5.97 Å². The van der Waals surface area contributed by atoms with Gasteiger partial charge in [-0.15, -0.1) is 0 Å². The van der Waals surface area contributed by atoms with Gasteiger partial charge in [0.05, 0.1) is 17.7 Å². The van der Waals surface area contributed by atoms with E-state index in [0.29, 0.717) is 0 Å². The zero-order valence-corrected chi connectivity index (χ0v) is 13.3. The van der Waals surface area contributed by atoms with Crippen molar-refractivity contribution in [3.63, 3.8) is 0 Å². The van der Waals surface area contributed by atoms with Gasteiger partial charge in [-0.3, -0.25) is 4.79 Å². The second kappa shape index (κ2) is 6.11. The Morgan fingerprint density at radius 2 is 2.15 bits per heavy atom. The van der Waals surface area contributed by atoms with E-state index >= 15 is 0 Å². The molecule has 1 saturated heterocycles. The lowest BCUT2D eigenvalue weighted by Crippen LogP contribution is -2.37. The highest BCUT2D eigenvalue weighted by Crippen LogP contribution is 2.31. The van der Waals surface area contributed by atoms with Crippen LogP contribution in [0.25, 0.3) is 0 Å². The minimum absolute atomic E-state index is 0.109. The van der Waals surface area contributed by atoms with E-state index in [4.69, 9.17) is 0 Å². The van der Waals surface area contributed by atoms with Crippen LogP contribution in [-0.4, -0.2) is 41.1 Å². The first-order chi connectivity index (χ1) is 9.44. The number of sulfonamides is 1. The zero-order chi connectivity index (χ0) is 14.8. The number of ether oxygens (including phenoxy) is 1. The summed E-state index contributed by atoms with van der Waals surface area (Å²) in [7, 11) is -2.52. The van der Waals surface area contributed by atoms with Crippen LogP contribution in [0.4, 0.5) is 5.69 Å². The van der Waals surface area contributed by atoms with Crippen molar-refractivity contribution < 1.29 is 17.9 Å². The number of benzene rings is 1. The first-order valence-electron chi connectivity index (χ1n) is 6.05. The summed E-state index contributed by atoms with van der Waals surface area (Å²) in [5, 5.41) is 0. The third-order valence-electron chi connectivity index (χ3n) is 3.06. The molecule has 110 valence electrons. The van der Waals surface area contributed by atoms with Crippen LogP contribution >= 0.6 is 15.9 Å². The standard InChI is InChI=1S/C12H15BrN2O4S/c1-19-12(16)8-14-20(17,18)9-3-4-11(10(13)7-9)15-5-2-6-15/h3-4,7,14H,2,5-6,8H2,1H3. The van der Waals surface area contributed by atoms with Gasteiger partial charge in [0.2, 0.25) is 10.0 Å². The molecule has 1 N–H and O–H groups in total. The van der Waals surface area contributed by atoms with Crippen LogP contribution in [0.5, 0.6) is 0 Å². The molecule has 0 radical (unpaired) electrons. The largest absolute Gasteiger partial charge is 0.468 e. The van der Waals surface area contributed by atoms with Crippen molar-refractivity contribution in [2.45, 2.75) is 11.3 Å². The molecule has 1 aliphatic heterocycles. The van der Waals surface area contributed by atoms with Crippen LogP contribution in [0.15, 0.2) is 27.6 Å². The van der Waals surface area contributed by atoms with Gasteiger partial charge in [0.1, 0.15) is 6.54 Å². The molecule has 1 aromatic rings. The lowest BCUT2D eigenvalue weighted by atomic mass is 10.2. The Hall–Kier alpha value is -1.12. The van der Waals surface area contributed by atoms with Crippen molar-refractivity contribution >= 4 is 37.6 Å². The molecule has 0 bridgehead atoms. The lowest BCUT2D eigenvalue weighted by molar-refractivity contribution is -0.139. The molecule has 1 aromatic carbocycles. The molecule has 2 rings (SSSR count). The SMILES string of the molecule is COC(=O)CNS(=O)(=O)c1ccc(N2CCC2)c(Br)c1. The highest BCUT2D eigenvalue weighted by atomic mass is 79.9. The van der Waals surface area contributed by atoms with Gasteiger partial charge in [0.15, 0.2) is 0 Å². The van der Waals surface area contributed by atoms with Crippen molar-refractivity contribution in [1.82, 2.24) is 4.72 Å². The summed E-state index contributed by atoms with van der Waals surface area (Å²) in [6, 6.07) is 4.82. The molecule has 0 aromatic heterocycles. The number of carbonyl (C=O) groups excluding carboxylic acids is 1. The van der Waals surface area contributed by atoms with Crippen LogP contribution < -0.4 is 9.62 Å². The van der Waals surface area contributed by atoms with Crippen LogP contribution in [0.2, 0.25) is 0 Å². The number of nitrogens with one attached hydrogen (secondary N) is 1. The molecule has 0 aliphatic carbocycles. The average Bonchev–Trinajstić information content (AvgIpc) is 2.36. The molecular formula is C12H15BrN2O4S. The van der Waals surface area contributed by atoms with E-state index in [1.54, 1.807) is 6.07 Å². The topological polar surface area (TPSA) is 75.7 Å². The summed E-state index contributed by atoms with van der Waals surface area (Å²) >= 11 is 3.38. The van der Waals surface area contributed by atoms with E-state index in [-0.39, 0.29) is 11.4 Å². The van der Waals surface area contributed by atoms with Gasteiger partial charge < -0.3 is 9.64 Å². The molecule has 1 aliphatic rings. The fourth-order valence-corrected chi connectivity index (χ4v) is 3.55. The molecule has 0 unspecified atom stereocenters. The highest BCUT2D eigenvalue weighted by Gasteiger charge is 2.20. The Kier molecular flexibility index (Phi) is 4.66. The summed E-state index contributed by atoms with van der Waals surface area (Å²) in [4.78, 5) is 13.2. The molecule has 20 heavy (non-hydrogen) atoms. The molecule has 0 atom stereocenters. The molecular weight excluding hydrogens is 348 g/mol. The molecule has 1 heterocycles. The minimum atomic E-state index is -3.72. The number of halogens is 1. The Labute approximate surface area is 126 Å². The number of hydrogen-bond donors (Lipinski definition) is 1. The summed E-state index contributed by atoms with van der Waals surface area (Å²) in [6.07, 6.45) is 1.15. The Bertz CT molecular complexity index is 614. The third kappa shape index (κ3) is 3.31. The van der Waals surface area contributed by atoms with Gasteiger partial charge in [-0.25, -0.2) is 8.42 Å². The fourth-order valence-electron chi connectivity index (χ4n) is 1.78. The molecule has 0 saturated carbocycles. The maximum absolute atomic E-state index is 12.0. The van der Waals surface area contributed by atoms with Gasteiger partial charge in [0, 0.05) is 17.6 Å².